The number of nitrogens with zero attached hydrogens (tertiary/aromatic N) is 1. The average molecular weight is 269 g/mol. The fourth-order valence-electron chi connectivity index (χ4n) is 2.15. The number of cyclic esters (lactones) is 1. The maximum atomic E-state index is 14.6. The van der Waals surface area contributed by atoms with Crippen LogP contribution in [0.3, 0.4) is 0 Å². The molecule has 0 radical (unpaired) electrons. The van der Waals surface area contributed by atoms with E-state index in [0.29, 0.717) is 16.8 Å². The van der Waals surface area contributed by atoms with Gasteiger partial charge in [-0.05, 0) is 12.1 Å². The molecule has 4 heteroatoms. The summed E-state index contributed by atoms with van der Waals surface area (Å²) >= 11 is 0. The van der Waals surface area contributed by atoms with Crippen LogP contribution in [0.2, 0.25) is 0 Å². The molecule has 2 aromatic carbocycles. The van der Waals surface area contributed by atoms with E-state index in [9.17, 15) is 9.18 Å². The van der Waals surface area contributed by atoms with Crippen molar-refractivity contribution in [2.24, 2.45) is 0 Å². The van der Waals surface area contributed by atoms with E-state index in [0.717, 1.165) is 0 Å². The van der Waals surface area contributed by atoms with Gasteiger partial charge in [-0.2, -0.15) is 0 Å². The van der Waals surface area contributed by atoms with Gasteiger partial charge in [0, 0.05) is 18.2 Å². The summed E-state index contributed by atoms with van der Waals surface area (Å²) in [4.78, 5) is 13.2. The molecule has 1 heterocycles. The molecule has 1 aliphatic heterocycles. The molecule has 0 spiro atoms. The number of hydrogen-bond donors (Lipinski definition) is 0. The number of carbonyl (C=O) groups is 1. The van der Waals surface area contributed by atoms with E-state index in [1.54, 1.807) is 61.6 Å². The minimum atomic E-state index is -0.593. The van der Waals surface area contributed by atoms with Gasteiger partial charge in [0.2, 0.25) is 0 Å². The summed E-state index contributed by atoms with van der Waals surface area (Å²) in [6, 6.07) is 15.6. The highest BCUT2D eigenvalue weighted by Crippen LogP contribution is 2.37. The first-order chi connectivity index (χ1) is 9.68. The van der Waals surface area contributed by atoms with Gasteiger partial charge in [-0.1, -0.05) is 42.5 Å². The number of hydrogen-bond acceptors (Lipinski definition) is 2. The fourth-order valence-corrected chi connectivity index (χ4v) is 2.15. The fraction of sp³-hybridized carbons (Fsp3) is 0.0625. The quantitative estimate of drug-likeness (QED) is 0.781. The van der Waals surface area contributed by atoms with Crippen LogP contribution in [0.15, 0.2) is 54.6 Å². The summed E-state index contributed by atoms with van der Waals surface area (Å²) in [5.74, 6) is -0.575. The molecule has 1 amide bonds. The van der Waals surface area contributed by atoms with Crippen molar-refractivity contribution in [2.45, 2.75) is 0 Å². The highest BCUT2D eigenvalue weighted by Gasteiger charge is 2.29. The molecule has 0 aliphatic carbocycles. The normalized spacial score (nSPS) is 16.5. The Morgan fingerprint density at radius 2 is 1.70 bits per heavy atom. The summed E-state index contributed by atoms with van der Waals surface area (Å²) in [7, 11) is 1.60. The van der Waals surface area contributed by atoms with E-state index in [1.807, 2.05) is 0 Å². The Kier molecular flexibility index (Phi) is 2.99. The van der Waals surface area contributed by atoms with Gasteiger partial charge in [0.05, 0.1) is 5.69 Å². The maximum absolute atomic E-state index is 14.6. The molecule has 0 fully saturated rings. The standard InChI is InChI=1S/C16H12FNO2/c1-18-13-10-6-5-9-12(13)15(20-16(18)19)14(17)11-7-3-2-4-8-11/h2-10H,1H3/b15-14+. The zero-order chi connectivity index (χ0) is 14.1. The van der Waals surface area contributed by atoms with E-state index < -0.39 is 11.9 Å². The van der Waals surface area contributed by atoms with Crippen LogP contribution in [-0.2, 0) is 4.74 Å². The maximum Gasteiger partial charge on any atom is 0.419 e. The van der Waals surface area contributed by atoms with E-state index >= 15 is 0 Å². The average Bonchev–Trinajstić information content (AvgIpc) is 2.51. The Morgan fingerprint density at radius 3 is 2.45 bits per heavy atom. The molecular formula is C16H12FNO2. The van der Waals surface area contributed by atoms with E-state index in [4.69, 9.17) is 4.74 Å². The second kappa shape index (κ2) is 4.81. The minimum Gasteiger partial charge on any atom is -0.406 e. The SMILES string of the molecule is CN1C(=O)O/C(=C(/F)c2ccccc2)c2ccccc21. The number of ether oxygens (including phenoxy) is 1. The molecule has 0 aromatic heterocycles. The largest absolute Gasteiger partial charge is 0.419 e. The second-order valence-corrected chi connectivity index (χ2v) is 4.45. The van der Waals surface area contributed by atoms with Gasteiger partial charge in [-0.25, -0.2) is 9.18 Å². The van der Waals surface area contributed by atoms with Crippen molar-refractivity contribution in [1.82, 2.24) is 0 Å². The molecule has 1 aliphatic rings. The third-order valence-electron chi connectivity index (χ3n) is 3.20. The van der Waals surface area contributed by atoms with E-state index in [2.05, 4.69) is 0 Å². The monoisotopic (exact) mass is 269 g/mol. The molecule has 3 nitrogen and oxygen atoms in total. The first-order valence-electron chi connectivity index (χ1n) is 6.18. The van der Waals surface area contributed by atoms with Gasteiger partial charge >= 0.3 is 6.09 Å². The van der Waals surface area contributed by atoms with Gasteiger partial charge in [-0.3, -0.25) is 4.90 Å². The van der Waals surface area contributed by atoms with Gasteiger partial charge < -0.3 is 4.74 Å². The van der Waals surface area contributed by atoms with Crippen LogP contribution in [0.5, 0.6) is 0 Å². The van der Waals surface area contributed by atoms with Crippen LogP contribution in [0.4, 0.5) is 14.9 Å². The third kappa shape index (κ3) is 1.95. The number of para-hydroxylation sites is 1. The Bertz CT molecular complexity index is 695. The summed E-state index contributed by atoms with van der Waals surface area (Å²) in [5.41, 5.74) is 1.58. The predicted octanol–water partition coefficient (Wildman–Crippen LogP) is 4.07. The molecule has 20 heavy (non-hydrogen) atoms. The number of amides is 1. The van der Waals surface area contributed by atoms with Crippen LogP contribution in [0, 0.1) is 0 Å². The third-order valence-corrected chi connectivity index (χ3v) is 3.20. The van der Waals surface area contributed by atoms with Gasteiger partial charge in [0.25, 0.3) is 0 Å². The molecule has 0 N–H and O–H groups in total. The smallest absolute Gasteiger partial charge is 0.406 e. The minimum absolute atomic E-state index is 0.0325. The number of halogens is 1. The van der Waals surface area contributed by atoms with Crippen LogP contribution >= 0.6 is 0 Å². The topological polar surface area (TPSA) is 29.5 Å². The van der Waals surface area contributed by atoms with Crippen LogP contribution in [0.1, 0.15) is 11.1 Å². The highest BCUT2D eigenvalue weighted by molar-refractivity contribution is 6.03. The molecule has 100 valence electrons. The Hall–Kier alpha value is -2.62. The molecule has 0 saturated heterocycles. The lowest BCUT2D eigenvalue weighted by Gasteiger charge is -2.27. The second-order valence-electron chi connectivity index (χ2n) is 4.45. The van der Waals surface area contributed by atoms with Crippen molar-refractivity contribution < 1.29 is 13.9 Å². The van der Waals surface area contributed by atoms with Crippen molar-refractivity contribution in [2.75, 3.05) is 11.9 Å². The lowest BCUT2D eigenvalue weighted by Crippen LogP contribution is -2.31. The molecule has 0 bridgehead atoms. The van der Waals surface area contributed by atoms with E-state index in [1.165, 1.54) is 4.90 Å². The van der Waals surface area contributed by atoms with Crippen molar-refractivity contribution in [3.63, 3.8) is 0 Å². The number of rotatable bonds is 1. The van der Waals surface area contributed by atoms with E-state index in [-0.39, 0.29) is 5.76 Å². The first-order valence-corrected chi connectivity index (χ1v) is 6.18. The predicted molar refractivity (Wildman–Crippen MR) is 75.7 cm³/mol. The molecule has 3 rings (SSSR count). The number of fused-ring (bicyclic) bond motifs is 1. The van der Waals surface area contributed by atoms with Gasteiger partial charge in [-0.15, -0.1) is 0 Å². The number of benzene rings is 2. The molecular weight excluding hydrogens is 257 g/mol. The summed E-state index contributed by atoms with van der Waals surface area (Å²) in [5, 5.41) is 0. The lowest BCUT2D eigenvalue weighted by molar-refractivity contribution is 0.198. The Morgan fingerprint density at radius 1 is 1.05 bits per heavy atom. The Labute approximate surface area is 115 Å². The molecule has 0 saturated carbocycles. The number of anilines is 1. The van der Waals surface area contributed by atoms with Crippen molar-refractivity contribution in [1.29, 1.82) is 0 Å². The van der Waals surface area contributed by atoms with Crippen LogP contribution < -0.4 is 4.90 Å². The van der Waals surface area contributed by atoms with Crippen molar-refractivity contribution >= 4 is 23.4 Å². The van der Waals surface area contributed by atoms with Crippen molar-refractivity contribution in [3.05, 3.63) is 65.7 Å². The first kappa shape index (κ1) is 12.4. The zero-order valence-electron chi connectivity index (χ0n) is 10.8. The van der Waals surface area contributed by atoms with Crippen molar-refractivity contribution in [3.8, 4) is 0 Å². The Balaban J connectivity index is 2.20. The van der Waals surface area contributed by atoms with Crippen LogP contribution in [-0.4, -0.2) is 13.1 Å². The van der Waals surface area contributed by atoms with Crippen LogP contribution in [0.25, 0.3) is 11.6 Å². The summed E-state index contributed by atoms with van der Waals surface area (Å²) < 4.78 is 19.7. The van der Waals surface area contributed by atoms with Gasteiger partial charge in [0.1, 0.15) is 0 Å². The van der Waals surface area contributed by atoms with Gasteiger partial charge in [0.15, 0.2) is 11.6 Å². The highest BCUT2D eigenvalue weighted by atomic mass is 19.1. The lowest BCUT2D eigenvalue weighted by atomic mass is 10.1. The molecule has 0 atom stereocenters. The zero-order valence-corrected chi connectivity index (χ0v) is 10.8. The molecule has 0 unspecified atom stereocenters. The molecule has 2 aromatic rings. The summed E-state index contributed by atoms with van der Waals surface area (Å²) in [6.07, 6.45) is -0.593. The number of carbonyl (C=O) groups excluding carboxylic acids is 1. The summed E-state index contributed by atoms with van der Waals surface area (Å²) in [6.45, 7) is 0.